The van der Waals surface area contributed by atoms with E-state index in [0.29, 0.717) is 0 Å². The zero-order chi connectivity index (χ0) is 11.1. The molecule has 82 valence electrons. The minimum absolute atomic E-state index is 0.196. The van der Waals surface area contributed by atoms with Crippen LogP contribution in [0.5, 0.6) is 0 Å². The lowest BCUT2D eigenvalue weighted by Crippen LogP contribution is -2.34. The minimum Gasteiger partial charge on any atom is -0.308 e. The third-order valence-corrected chi connectivity index (χ3v) is 3.23. The van der Waals surface area contributed by atoms with Crippen LogP contribution in [0.4, 0.5) is 8.78 Å². The number of aryl methyl sites for hydroxylation is 1. The van der Waals surface area contributed by atoms with E-state index in [4.69, 9.17) is 0 Å². The third kappa shape index (κ3) is 1.76. The van der Waals surface area contributed by atoms with Crippen molar-refractivity contribution in [1.82, 2.24) is 5.32 Å². The summed E-state index contributed by atoms with van der Waals surface area (Å²) in [5.74, 6) is -1.52. The largest absolute Gasteiger partial charge is 0.308 e. The Labute approximate surface area is 88.5 Å². The summed E-state index contributed by atoms with van der Waals surface area (Å²) in [7, 11) is 0. The first-order chi connectivity index (χ1) is 7.03. The van der Waals surface area contributed by atoms with Gasteiger partial charge in [0.05, 0.1) is 0 Å². The summed E-state index contributed by atoms with van der Waals surface area (Å²) in [6.07, 6.45) is 2.05. The summed E-state index contributed by atoms with van der Waals surface area (Å²) in [5.41, 5.74) is 1.49. The van der Waals surface area contributed by atoms with E-state index in [1.165, 1.54) is 12.1 Å². The van der Waals surface area contributed by atoms with Crippen LogP contribution >= 0.6 is 0 Å². The minimum atomic E-state index is -0.766. The molecule has 1 nitrogen and oxygen atoms in total. The molecule has 15 heavy (non-hydrogen) atoms. The molecule has 1 aromatic rings. The number of hydrogen-bond donors (Lipinski definition) is 1. The molecular formula is C12H15F2N. The number of rotatable bonds is 1. The molecule has 1 N–H and O–H groups in total. The van der Waals surface area contributed by atoms with E-state index in [0.717, 1.165) is 30.5 Å². The van der Waals surface area contributed by atoms with E-state index in [1.807, 2.05) is 13.8 Å². The van der Waals surface area contributed by atoms with Gasteiger partial charge in [0.2, 0.25) is 0 Å². The molecule has 0 bridgehead atoms. The molecular weight excluding hydrogens is 196 g/mol. The second kappa shape index (κ2) is 3.56. The zero-order valence-corrected chi connectivity index (χ0v) is 9.03. The fourth-order valence-electron chi connectivity index (χ4n) is 2.37. The Hall–Kier alpha value is -0.960. The van der Waals surface area contributed by atoms with Gasteiger partial charge in [0, 0.05) is 5.54 Å². The van der Waals surface area contributed by atoms with Crippen LogP contribution in [-0.2, 0) is 5.54 Å². The summed E-state index contributed by atoms with van der Waals surface area (Å²) < 4.78 is 26.2. The first-order valence-corrected chi connectivity index (χ1v) is 5.24. The highest BCUT2D eigenvalue weighted by atomic mass is 19.2. The lowest BCUT2D eigenvalue weighted by atomic mass is 9.87. The molecule has 1 fully saturated rings. The highest BCUT2D eigenvalue weighted by molar-refractivity contribution is 5.34. The van der Waals surface area contributed by atoms with Crippen molar-refractivity contribution in [2.45, 2.75) is 32.2 Å². The predicted molar refractivity (Wildman–Crippen MR) is 55.7 cm³/mol. The van der Waals surface area contributed by atoms with Crippen LogP contribution in [0.2, 0.25) is 0 Å². The van der Waals surface area contributed by atoms with E-state index in [-0.39, 0.29) is 5.54 Å². The second-order valence-electron chi connectivity index (χ2n) is 4.44. The molecule has 1 aliphatic rings. The van der Waals surface area contributed by atoms with E-state index < -0.39 is 11.6 Å². The van der Waals surface area contributed by atoms with Crippen molar-refractivity contribution in [3.8, 4) is 0 Å². The van der Waals surface area contributed by atoms with E-state index >= 15 is 0 Å². The fraction of sp³-hybridized carbons (Fsp3) is 0.500. The maximum Gasteiger partial charge on any atom is 0.159 e. The average molecular weight is 211 g/mol. The summed E-state index contributed by atoms with van der Waals surface area (Å²) in [5, 5.41) is 3.35. The standard InChI is InChI=1S/C12H15F2N/c1-8-6-10(13)11(14)7-9(8)12(2)4-3-5-15-12/h6-7,15H,3-5H2,1-2H3. The topological polar surface area (TPSA) is 12.0 Å². The number of hydrogen-bond acceptors (Lipinski definition) is 1. The summed E-state index contributed by atoms with van der Waals surface area (Å²) in [4.78, 5) is 0. The van der Waals surface area contributed by atoms with Crippen molar-refractivity contribution >= 4 is 0 Å². The molecule has 0 amide bonds. The number of nitrogens with one attached hydrogen (secondary N) is 1. The highest BCUT2D eigenvalue weighted by Gasteiger charge is 2.31. The summed E-state index contributed by atoms with van der Waals surface area (Å²) >= 11 is 0. The van der Waals surface area contributed by atoms with Gasteiger partial charge in [-0.1, -0.05) is 0 Å². The SMILES string of the molecule is Cc1cc(F)c(F)cc1C1(C)CCCN1. The average Bonchev–Trinajstić information content (AvgIpc) is 2.60. The quantitative estimate of drug-likeness (QED) is 0.753. The fourth-order valence-corrected chi connectivity index (χ4v) is 2.37. The number of halogens is 2. The van der Waals surface area contributed by atoms with Crippen molar-refractivity contribution in [3.63, 3.8) is 0 Å². The van der Waals surface area contributed by atoms with Crippen molar-refractivity contribution in [3.05, 3.63) is 34.9 Å². The monoisotopic (exact) mass is 211 g/mol. The Balaban J connectivity index is 2.48. The maximum absolute atomic E-state index is 13.2. The second-order valence-corrected chi connectivity index (χ2v) is 4.44. The summed E-state index contributed by atoms with van der Waals surface area (Å²) in [6.45, 7) is 4.80. The molecule has 1 heterocycles. The number of benzene rings is 1. The molecule has 3 heteroatoms. The van der Waals surface area contributed by atoms with E-state index in [2.05, 4.69) is 5.32 Å². The molecule has 1 unspecified atom stereocenters. The molecule has 0 saturated carbocycles. The van der Waals surface area contributed by atoms with Gasteiger partial charge in [-0.15, -0.1) is 0 Å². The normalized spacial score (nSPS) is 25.9. The van der Waals surface area contributed by atoms with Crippen molar-refractivity contribution in [2.75, 3.05) is 6.54 Å². The Kier molecular flexibility index (Phi) is 2.51. The van der Waals surface area contributed by atoms with Gasteiger partial charge in [0.15, 0.2) is 11.6 Å². The molecule has 0 radical (unpaired) electrons. The molecule has 1 atom stereocenters. The van der Waals surface area contributed by atoms with Gasteiger partial charge in [0.1, 0.15) is 0 Å². The van der Waals surface area contributed by atoms with Gasteiger partial charge in [-0.3, -0.25) is 0 Å². The zero-order valence-electron chi connectivity index (χ0n) is 9.03. The van der Waals surface area contributed by atoms with Crippen LogP contribution in [0, 0.1) is 18.6 Å². The highest BCUT2D eigenvalue weighted by Crippen LogP contribution is 2.33. The summed E-state index contributed by atoms with van der Waals surface area (Å²) in [6, 6.07) is 2.60. The van der Waals surface area contributed by atoms with Crippen molar-refractivity contribution in [2.24, 2.45) is 0 Å². The van der Waals surface area contributed by atoms with Gasteiger partial charge in [-0.2, -0.15) is 0 Å². The first-order valence-electron chi connectivity index (χ1n) is 5.24. The lowest BCUT2D eigenvalue weighted by molar-refractivity contribution is 0.424. The lowest BCUT2D eigenvalue weighted by Gasteiger charge is -2.27. The van der Waals surface area contributed by atoms with Gasteiger partial charge < -0.3 is 5.32 Å². The molecule has 1 aliphatic heterocycles. The molecule has 0 spiro atoms. The van der Waals surface area contributed by atoms with Crippen LogP contribution in [0.15, 0.2) is 12.1 Å². The molecule has 2 rings (SSSR count). The van der Waals surface area contributed by atoms with E-state index in [9.17, 15) is 8.78 Å². The maximum atomic E-state index is 13.2. The van der Waals surface area contributed by atoms with Crippen molar-refractivity contribution in [1.29, 1.82) is 0 Å². The Morgan fingerprint density at radius 2 is 1.93 bits per heavy atom. The Morgan fingerprint density at radius 1 is 1.27 bits per heavy atom. The molecule has 0 aromatic heterocycles. The smallest absolute Gasteiger partial charge is 0.159 e. The Morgan fingerprint density at radius 3 is 2.53 bits per heavy atom. The molecule has 0 aliphatic carbocycles. The Bertz CT molecular complexity index is 381. The van der Waals surface area contributed by atoms with E-state index in [1.54, 1.807) is 0 Å². The van der Waals surface area contributed by atoms with Crippen molar-refractivity contribution < 1.29 is 8.78 Å². The molecule has 1 saturated heterocycles. The van der Waals surface area contributed by atoms with Crippen LogP contribution in [0.1, 0.15) is 30.9 Å². The first kappa shape index (κ1) is 10.6. The van der Waals surface area contributed by atoms with Crippen LogP contribution < -0.4 is 5.32 Å². The van der Waals surface area contributed by atoms with Gasteiger partial charge in [-0.25, -0.2) is 8.78 Å². The van der Waals surface area contributed by atoms with Gasteiger partial charge in [0.25, 0.3) is 0 Å². The van der Waals surface area contributed by atoms with Gasteiger partial charge in [-0.05, 0) is 56.5 Å². The van der Waals surface area contributed by atoms with Gasteiger partial charge >= 0.3 is 0 Å². The third-order valence-electron chi connectivity index (χ3n) is 3.23. The van der Waals surface area contributed by atoms with Crippen LogP contribution in [0.25, 0.3) is 0 Å². The van der Waals surface area contributed by atoms with Crippen LogP contribution in [0.3, 0.4) is 0 Å². The molecule has 1 aromatic carbocycles. The van der Waals surface area contributed by atoms with Crippen LogP contribution in [-0.4, -0.2) is 6.54 Å². The predicted octanol–water partition coefficient (Wildman–Crippen LogP) is 2.87.